The van der Waals surface area contributed by atoms with E-state index in [0.717, 1.165) is 19.2 Å². The van der Waals surface area contributed by atoms with Crippen LogP contribution in [-0.4, -0.2) is 55.2 Å². The summed E-state index contributed by atoms with van der Waals surface area (Å²) in [5.74, 6) is -1.32. The maximum atomic E-state index is 11.5. The third-order valence-corrected chi connectivity index (χ3v) is 2.72. The van der Waals surface area contributed by atoms with Crippen molar-refractivity contribution < 1.29 is 23.6 Å². The Morgan fingerprint density at radius 2 is 2.16 bits per heavy atom. The van der Waals surface area contributed by atoms with Crippen LogP contribution < -0.4 is 0 Å². The van der Waals surface area contributed by atoms with Crippen LogP contribution in [0.2, 0.25) is 0 Å². The first-order chi connectivity index (χ1) is 9.16. The van der Waals surface area contributed by atoms with Crippen molar-refractivity contribution in [2.75, 3.05) is 39.5 Å². The van der Waals surface area contributed by atoms with Gasteiger partial charge in [0.15, 0.2) is 0 Å². The van der Waals surface area contributed by atoms with Gasteiger partial charge in [-0.2, -0.15) is 0 Å². The van der Waals surface area contributed by atoms with Gasteiger partial charge in [0.05, 0.1) is 19.3 Å². The smallest absolute Gasteiger partial charge is 0.433 e. The van der Waals surface area contributed by atoms with E-state index in [1.54, 1.807) is 0 Å². The Bertz CT molecular complexity index is 452. The molecule has 0 aromatic carbocycles. The van der Waals surface area contributed by atoms with Crippen LogP contribution in [0.15, 0.2) is 16.5 Å². The molecule has 0 N–H and O–H groups in total. The van der Waals surface area contributed by atoms with Gasteiger partial charge in [-0.25, -0.2) is 4.79 Å². The van der Waals surface area contributed by atoms with E-state index in [1.165, 1.54) is 6.07 Å². The summed E-state index contributed by atoms with van der Waals surface area (Å²) in [6.45, 7) is 3.80. The molecule has 2 heterocycles. The van der Waals surface area contributed by atoms with Crippen LogP contribution in [0.1, 0.15) is 10.6 Å². The second-order valence-corrected chi connectivity index (χ2v) is 3.98. The van der Waals surface area contributed by atoms with Crippen molar-refractivity contribution in [1.82, 2.24) is 4.90 Å². The fourth-order valence-electron chi connectivity index (χ4n) is 1.70. The lowest BCUT2D eigenvalue weighted by Gasteiger charge is -2.25. The highest BCUT2D eigenvalue weighted by Gasteiger charge is 2.18. The third kappa shape index (κ3) is 3.76. The van der Waals surface area contributed by atoms with Gasteiger partial charge in [0, 0.05) is 19.6 Å². The number of nitro groups is 1. The number of rotatable bonds is 5. The normalized spacial score (nSPS) is 16.2. The van der Waals surface area contributed by atoms with Crippen LogP contribution in [-0.2, 0) is 9.47 Å². The first-order valence-corrected chi connectivity index (χ1v) is 5.88. The number of hydrogen-bond acceptors (Lipinski definition) is 7. The summed E-state index contributed by atoms with van der Waals surface area (Å²) in [6, 6.07) is 2.35. The van der Waals surface area contributed by atoms with E-state index >= 15 is 0 Å². The highest BCUT2D eigenvalue weighted by molar-refractivity contribution is 5.86. The average molecular weight is 270 g/mol. The van der Waals surface area contributed by atoms with Gasteiger partial charge in [0.1, 0.15) is 11.5 Å². The van der Waals surface area contributed by atoms with Gasteiger partial charge >= 0.3 is 11.9 Å². The van der Waals surface area contributed by atoms with Gasteiger partial charge < -0.3 is 13.9 Å². The lowest BCUT2D eigenvalue weighted by atomic mass is 10.4. The molecule has 0 radical (unpaired) electrons. The molecule has 8 nitrogen and oxygen atoms in total. The Balaban J connectivity index is 1.75. The summed E-state index contributed by atoms with van der Waals surface area (Å²) in [7, 11) is 0. The van der Waals surface area contributed by atoms with Crippen molar-refractivity contribution in [2.45, 2.75) is 0 Å². The molecule has 1 aromatic heterocycles. The molecule has 8 heteroatoms. The number of carbonyl (C=O) groups is 1. The van der Waals surface area contributed by atoms with Crippen molar-refractivity contribution >= 4 is 11.9 Å². The van der Waals surface area contributed by atoms with Gasteiger partial charge in [0.25, 0.3) is 0 Å². The molecule has 0 saturated carbocycles. The van der Waals surface area contributed by atoms with E-state index in [1.807, 2.05) is 0 Å². The molecule has 104 valence electrons. The zero-order valence-electron chi connectivity index (χ0n) is 10.2. The molecule has 1 fully saturated rings. The van der Waals surface area contributed by atoms with Crippen LogP contribution in [0, 0.1) is 10.1 Å². The van der Waals surface area contributed by atoms with Crippen LogP contribution in [0.25, 0.3) is 0 Å². The van der Waals surface area contributed by atoms with Gasteiger partial charge in [0.2, 0.25) is 5.76 Å². The van der Waals surface area contributed by atoms with Crippen LogP contribution in [0.3, 0.4) is 0 Å². The minimum absolute atomic E-state index is 0.159. The minimum atomic E-state index is -0.704. The number of furan rings is 1. The summed E-state index contributed by atoms with van der Waals surface area (Å²) in [4.78, 5) is 23.3. The van der Waals surface area contributed by atoms with Crippen LogP contribution in [0.4, 0.5) is 5.88 Å². The van der Waals surface area contributed by atoms with Gasteiger partial charge in [-0.3, -0.25) is 15.0 Å². The average Bonchev–Trinajstić information content (AvgIpc) is 2.89. The zero-order valence-corrected chi connectivity index (χ0v) is 10.2. The number of hydrogen-bond donors (Lipinski definition) is 0. The second-order valence-electron chi connectivity index (χ2n) is 3.98. The standard InChI is InChI=1S/C11H14N2O6/c14-11(9-1-2-10(19-9)13(15)16)18-8-5-12-3-6-17-7-4-12/h1-2H,3-8H2. The van der Waals surface area contributed by atoms with Crippen molar-refractivity contribution in [3.8, 4) is 0 Å². The van der Waals surface area contributed by atoms with Gasteiger partial charge in [-0.15, -0.1) is 0 Å². The number of carbonyl (C=O) groups excluding carboxylic acids is 1. The fraction of sp³-hybridized carbons (Fsp3) is 0.545. The molecule has 0 spiro atoms. The Labute approximate surface area is 109 Å². The molecule has 0 bridgehead atoms. The molecule has 19 heavy (non-hydrogen) atoms. The fourth-order valence-corrected chi connectivity index (χ4v) is 1.70. The third-order valence-electron chi connectivity index (χ3n) is 2.72. The lowest BCUT2D eigenvalue weighted by molar-refractivity contribution is -0.402. The molecule has 0 amide bonds. The number of nitrogens with zero attached hydrogens (tertiary/aromatic N) is 2. The van der Waals surface area contributed by atoms with Crippen molar-refractivity contribution in [3.05, 3.63) is 28.0 Å². The second kappa shape index (κ2) is 6.30. The van der Waals surface area contributed by atoms with E-state index in [0.29, 0.717) is 19.8 Å². The van der Waals surface area contributed by atoms with Crippen molar-refractivity contribution in [1.29, 1.82) is 0 Å². The Hall–Kier alpha value is -1.93. The van der Waals surface area contributed by atoms with E-state index in [9.17, 15) is 14.9 Å². The molecule has 0 aliphatic carbocycles. The largest absolute Gasteiger partial charge is 0.458 e. The van der Waals surface area contributed by atoms with Crippen molar-refractivity contribution in [3.63, 3.8) is 0 Å². The highest BCUT2D eigenvalue weighted by atomic mass is 16.7. The molecule has 0 unspecified atom stereocenters. The predicted molar refractivity (Wildman–Crippen MR) is 62.9 cm³/mol. The lowest BCUT2D eigenvalue weighted by Crippen LogP contribution is -2.38. The predicted octanol–water partition coefficient (Wildman–Crippen LogP) is 0.677. The quantitative estimate of drug-likeness (QED) is 0.441. The molecular formula is C11H14N2O6. The zero-order chi connectivity index (χ0) is 13.7. The maximum Gasteiger partial charge on any atom is 0.433 e. The van der Waals surface area contributed by atoms with Crippen molar-refractivity contribution in [2.24, 2.45) is 0 Å². The number of morpholine rings is 1. The summed E-state index contributed by atoms with van der Waals surface area (Å²) in [6.07, 6.45) is 0. The van der Waals surface area contributed by atoms with Crippen LogP contribution in [0.5, 0.6) is 0 Å². The van der Waals surface area contributed by atoms with E-state index < -0.39 is 16.8 Å². The molecule has 2 rings (SSSR count). The first-order valence-electron chi connectivity index (χ1n) is 5.88. The Morgan fingerprint density at radius 3 is 2.79 bits per heavy atom. The minimum Gasteiger partial charge on any atom is -0.458 e. The van der Waals surface area contributed by atoms with Gasteiger partial charge in [-0.05, 0) is 6.07 Å². The Kier molecular flexibility index (Phi) is 4.48. The monoisotopic (exact) mass is 270 g/mol. The SMILES string of the molecule is O=C(OCCN1CCOCC1)c1ccc([N+](=O)[O-])o1. The number of esters is 1. The topological polar surface area (TPSA) is 95.0 Å². The first kappa shape index (κ1) is 13.5. The maximum absolute atomic E-state index is 11.5. The van der Waals surface area contributed by atoms with E-state index in [2.05, 4.69) is 4.90 Å². The Morgan fingerprint density at radius 1 is 1.42 bits per heavy atom. The highest BCUT2D eigenvalue weighted by Crippen LogP contribution is 2.16. The molecule has 1 aromatic rings. The van der Waals surface area contributed by atoms with E-state index in [4.69, 9.17) is 13.9 Å². The number of ether oxygens (including phenoxy) is 2. The van der Waals surface area contributed by atoms with Crippen LogP contribution >= 0.6 is 0 Å². The molecule has 0 atom stereocenters. The summed E-state index contributed by atoms with van der Waals surface area (Å²) < 4.78 is 14.9. The molecule has 1 aliphatic heterocycles. The summed E-state index contributed by atoms with van der Waals surface area (Å²) in [5.41, 5.74) is 0. The summed E-state index contributed by atoms with van der Waals surface area (Å²) in [5, 5.41) is 10.4. The summed E-state index contributed by atoms with van der Waals surface area (Å²) >= 11 is 0. The van der Waals surface area contributed by atoms with Gasteiger partial charge in [-0.1, -0.05) is 0 Å². The molecular weight excluding hydrogens is 256 g/mol. The van der Waals surface area contributed by atoms with E-state index in [-0.39, 0.29) is 12.4 Å². The molecule has 1 aliphatic rings. The molecule has 1 saturated heterocycles.